The topological polar surface area (TPSA) is 54.2 Å². The maximum absolute atomic E-state index is 13.7. The van der Waals surface area contributed by atoms with E-state index in [0.717, 1.165) is 16.8 Å². The number of benzene rings is 2. The summed E-state index contributed by atoms with van der Waals surface area (Å²) in [7, 11) is 0. The van der Waals surface area contributed by atoms with Gasteiger partial charge in [-0.15, -0.1) is 0 Å². The summed E-state index contributed by atoms with van der Waals surface area (Å²) in [5.74, 6) is 0.253. The van der Waals surface area contributed by atoms with Crippen LogP contribution >= 0.6 is 12.2 Å². The third kappa shape index (κ3) is 4.34. The first kappa shape index (κ1) is 21.1. The molecular formula is C23H22F2N4OS. The molecule has 0 spiro atoms. The van der Waals surface area contributed by atoms with Gasteiger partial charge in [0, 0.05) is 17.8 Å². The van der Waals surface area contributed by atoms with Crippen LogP contribution in [-0.4, -0.2) is 26.7 Å². The fourth-order valence-corrected chi connectivity index (χ4v) is 3.96. The number of rotatable bonds is 5. The normalized spacial score (nSPS) is 16.8. The highest BCUT2D eigenvalue weighted by atomic mass is 32.1. The highest BCUT2D eigenvalue weighted by molar-refractivity contribution is 7.80. The SMILES string of the molecule is CC1=C(c2nc(-c3cccc(F)c3)no2)C(c2ccc(F)cc2)NC(=S)N1CC(C)C. The standard InChI is InChI=1S/C23H22F2N4OS/c1-13(2)12-29-14(3)19(20(26-23(29)31)15-7-9-17(24)10-8-15)22-27-21(28-30-22)16-5-4-6-18(25)11-16/h4-11,13,20H,12H2,1-3H3,(H,26,31). The van der Waals surface area contributed by atoms with Gasteiger partial charge in [0.05, 0.1) is 11.6 Å². The minimum atomic E-state index is -0.391. The number of aromatic nitrogens is 2. The van der Waals surface area contributed by atoms with Crippen LogP contribution in [0.2, 0.25) is 0 Å². The minimum Gasteiger partial charge on any atom is -0.351 e. The molecule has 0 saturated carbocycles. The molecule has 31 heavy (non-hydrogen) atoms. The van der Waals surface area contributed by atoms with Crippen LogP contribution in [-0.2, 0) is 0 Å². The summed E-state index contributed by atoms with van der Waals surface area (Å²) in [4.78, 5) is 6.54. The van der Waals surface area contributed by atoms with Gasteiger partial charge in [0.25, 0.3) is 5.89 Å². The number of thiocarbonyl (C=S) groups is 1. The molecule has 0 bridgehead atoms. The van der Waals surface area contributed by atoms with Crippen molar-refractivity contribution < 1.29 is 13.3 Å². The Bertz CT molecular complexity index is 1140. The Kier molecular flexibility index (Phi) is 5.82. The van der Waals surface area contributed by atoms with Gasteiger partial charge in [0.1, 0.15) is 11.6 Å². The molecule has 2 heterocycles. The molecule has 1 N–H and O–H groups in total. The van der Waals surface area contributed by atoms with Gasteiger partial charge in [0.15, 0.2) is 5.11 Å². The summed E-state index contributed by atoms with van der Waals surface area (Å²) in [5, 5.41) is 7.97. The summed E-state index contributed by atoms with van der Waals surface area (Å²) in [6, 6.07) is 11.8. The second-order valence-electron chi connectivity index (χ2n) is 7.87. The monoisotopic (exact) mass is 440 g/mol. The molecule has 1 aliphatic heterocycles. The van der Waals surface area contributed by atoms with Crippen molar-refractivity contribution in [2.24, 2.45) is 5.92 Å². The van der Waals surface area contributed by atoms with Crippen LogP contribution < -0.4 is 5.32 Å². The van der Waals surface area contributed by atoms with Crippen molar-refractivity contribution in [3.8, 4) is 11.4 Å². The number of nitrogens with zero attached hydrogens (tertiary/aromatic N) is 3. The van der Waals surface area contributed by atoms with Crippen molar-refractivity contribution in [2.45, 2.75) is 26.8 Å². The van der Waals surface area contributed by atoms with E-state index in [-0.39, 0.29) is 17.5 Å². The Balaban J connectivity index is 1.82. The first-order valence-corrected chi connectivity index (χ1v) is 10.4. The molecule has 160 valence electrons. The van der Waals surface area contributed by atoms with E-state index in [4.69, 9.17) is 16.7 Å². The predicted octanol–water partition coefficient (Wildman–Crippen LogP) is 5.33. The zero-order valence-corrected chi connectivity index (χ0v) is 18.2. The molecule has 0 fully saturated rings. The number of hydrogen-bond acceptors (Lipinski definition) is 4. The molecular weight excluding hydrogens is 418 g/mol. The van der Waals surface area contributed by atoms with Crippen molar-refractivity contribution in [3.05, 3.63) is 77.3 Å². The van der Waals surface area contributed by atoms with Crippen LogP contribution in [0.4, 0.5) is 8.78 Å². The molecule has 1 aliphatic rings. The Morgan fingerprint density at radius 2 is 1.87 bits per heavy atom. The van der Waals surface area contributed by atoms with Crippen LogP contribution in [0, 0.1) is 17.6 Å². The highest BCUT2D eigenvalue weighted by Gasteiger charge is 2.34. The van der Waals surface area contributed by atoms with E-state index in [9.17, 15) is 8.78 Å². The average Bonchev–Trinajstić information content (AvgIpc) is 3.21. The number of allylic oxidation sites excluding steroid dienone is 1. The van der Waals surface area contributed by atoms with Crippen LogP contribution in [0.5, 0.6) is 0 Å². The predicted molar refractivity (Wildman–Crippen MR) is 119 cm³/mol. The molecule has 0 amide bonds. The van der Waals surface area contributed by atoms with Gasteiger partial charge in [-0.1, -0.05) is 43.3 Å². The first-order chi connectivity index (χ1) is 14.8. The molecule has 3 aromatic rings. The van der Waals surface area contributed by atoms with Crippen LogP contribution in [0.3, 0.4) is 0 Å². The van der Waals surface area contributed by atoms with E-state index in [1.165, 1.54) is 24.3 Å². The van der Waals surface area contributed by atoms with Crippen molar-refractivity contribution in [1.29, 1.82) is 0 Å². The zero-order chi connectivity index (χ0) is 22.1. The maximum Gasteiger partial charge on any atom is 0.258 e. The van der Waals surface area contributed by atoms with E-state index >= 15 is 0 Å². The fraction of sp³-hybridized carbons (Fsp3) is 0.261. The smallest absolute Gasteiger partial charge is 0.258 e. The molecule has 2 aromatic carbocycles. The first-order valence-electron chi connectivity index (χ1n) is 9.97. The Labute approximate surface area is 184 Å². The fourth-order valence-electron chi connectivity index (χ4n) is 3.63. The lowest BCUT2D eigenvalue weighted by Crippen LogP contribution is -2.47. The zero-order valence-electron chi connectivity index (χ0n) is 17.4. The minimum absolute atomic E-state index is 0.288. The summed E-state index contributed by atoms with van der Waals surface area (Å²) in [5.41, 5.74) is 2.95. The third-order valence-corrected chi connectivity index (χ3v) is 5.42. The molecule has 1 atom stereocenters. The van der Waals surface area contributed by atoms with Gasteiger partial charge >= 0.3 is 0 Å². The van der Waals surface area contributed by atoms with Crippen LogP contribution in [0.15, 0.2) is 58.8 Å². The van der Waals surface area contributed by atoms with Gasteiger partial charge in [-0.25, -0.2) is 8.78 Å². The molecule has 4 rings (SSSR count). The molecule has 1 aromatic heterocycles. The maximum atomic E-state index is 13.7. The second-order valence-corrected chi connectivity index (χ2v) is 8.26. The number of halogens is 2. The largest absolute Gasteiger partial charge is 0.351 e. The van der Waals surface area contributed by atoms with Gasteiger partial charge in [0.2, 0.25) is 5.82 Å². The lowest BCUT2D eigenvalue weighted by atomic mass is 9.94. The number of hydrogen-bond donors (Lipinski definition) is 1. The average molecular weight is 441 g/mol. The van der Waals surface area contributed by atoms with Crippen molar-refractivity contribution in [2.75, 3.05) is 6.54 Å². The number of nitrogens with one attached hydrogen (secondary N) is 1. The molecule has 8 heteroatoms. The van der Waals surface area contributed by atoms with Gasteiger partial charge in [-0.05, 0) is 54.9 Å². The molecule has 5 nitrogen and oxygen atoms in total. The summed E-state index contributed by atoms with van der Waals surface area (Å²) < 4.78 is 32.8. The lowest BCUT2D eigenvalue weighted by molar-refractivity contribution is 0.386. The van der Waals surface area contributed by atoms with Crippen LogP contribution in [0.25, 0.3) is 17.0 Å². The Hall–Kier alpha value is -3.13. The molecule has 0 saturated heterocycles. The lowest BCUT2D eigenvalue weighted by Gasteiger charge is -2.38. The van der Waals surface area contributed by atoms with Gasteiger partial charge < -0.3 is 14.7 Å². The second kappa shape index (κ2) is 8.55. The summed E-state index contributed by atoms with van der Waals surface area (Å²) >= 11 is 5.62. The van der Waals surface area contributed by atoms with Gasteiger partial charge in [-0.2, -0.15) is 4.98 Å². The molecule has 1 unspecified atom stereocenters. The van der Waals surface area contributed by atoms with E-state index in [1.807, 2.05) is 11.8 Å². The summed E-state index contributed by atoms with van der Waals surface area (Å²) in [6.07, 6.45) is 0. The molecule has 0 radical (unpaired) electrons. The third-order valence-electron chi connectivity index (χ3n) is 5.09. The Morgan fingerprint density at radius 1 is 1.13 bits per heavy atom. The quantitative estimate of drug-likeness (QED) is 0.541. The molecule has 0 aliphatic carbocycles. The van der Waals surface area contributed by atoms with Crippen molar-refractivity contribution in [1.82, 2.24) is 20.4 Å². The van der Waals surface area contributed by atoms with Crippen molar-refractivity contribution in [3.63, 3.8) is 0 Å². The van der Waals surface area contributed by atoms with Crippen LogP contribution in [0.1, 0.15) is 38.3 Å². The Morgan fingerprint density at radius 3 is 2.55 bits per heavy atom. The van der Waals surface area contributed by atoms with E-state index < -0.39 is 6.04 Å². The van der Waals surface area contributed by atoms with E-state index in [0.29, 0.717) is 29.0 Å². The van der Waals surface area contributed by atoms with Gasteiger partial charge in [-0.3, -0.25) is 0 Å². The van der Waals surface area contributed by atoms with E-state index in [1.54, 1.807) is 24.3 Å². The summed E-state index contributed by atoms with van der Waals surface area (Å²) in [6.45, 7) is 6.88. The van der Waals surface area contributed by atoms with E-state index in [2.05, 4.69) is 29.3 Å². The van der Waals surface area contributed by atoms with Crippen molar-refractivity contribution >= 4 is 22.9 Å². The highest BCUT2D eigenvalue weighted by Crippen LogP contribution is 2.37.